The number of nitrogens with one attached hydrogen (secondary N) is 2. The Balaban J connectivity index is 1.66. The number of benzene rings is 2. The number of carbonyl (C=O) groups excluding carboxylic acids is 1. The molecule has 1 aromatic heterocycles. The van der Waals surface area contributed by atoms with Gasteiger partial charge in [0.15, 0.2) is 0 Å². The Kier molecular flexibility index (Phi) is 4.58. The highest BCUT2D eigenvalue weighted by atomic mass is 16.5. The molecule has 0 spiro atoms. The fraction of sp³-hybridized carbons (Fsp3) is 0.300. The van der Waals surface area contributed by atoms with E-state index < -0.39 is 0 Å². The predicted molar refractivity (Wildman–Crippen MR) is 102 cm³/mol. The van der Waals surface area contributed by atoms with Crippen LogP contribution >= 0.6 is 0 Å². The highest BCUT2D eigenvalue weighted by molar-refractivity contribution is 5.93. The molecule has 134 valence electrons. The second-order valence-corrected chi connectivity index (χ2v) is 6.55. The molecule has 1 fully saturated rings. The molecule has 1 saturated carbocycles. The maximum absolute atomic E-state index is 12.4. The molecular weight excluding hydrogens is 328 g/mol. The van der Waals surface area contributed by atoms with Gasteiger partial charge in [0.05, 0.1) is 30.4 Å². The molecule has 26 heavy (non-hydrogen) atoms. The number of carbonyl (C=O) groups is 1. The van der Waals surface area contributed by atoms with Crippen molar-refractivity contribution in [2.75, 3.05) is 25.5 Å². The van der Waals surface area contributed by atoms with Crippen LogP contribution in [0.4, 0.5) is 5.95 Å². The number of anilines is 1. The second-order valence-electron chi connectivity index (χ2n) is 6.55. The van der Waals surface area contributed by atoms with Gasteiger partial charge in [0.1, 0.15) is 5.75 Å². The number of hydrogen-bond acceptors (Lipinski definition) is 4. The van der Waals surface area contributed by atoms with E-state index in [4.69, 9.17) is 4.74 Å². The van der Waals surface area contributed by atoms with Gasteiger partial charge >= 0.3 is 0 Å². The van der Waals surface area contributed by atoms with Crippen LogP contribution in [0, 0.1) is 5.92 Å². The number of fused-ring (bicyclic) bond motifs is 1. The van der Waals surface area contributed by atoms with Gasteiger partial charge in [-0.2, -0.15) is 0 Å². The van der Waals surface area contributed by atoms with E-state index in [1.54, 1.807) is 7.11 Å². The molecule has 6 heteroatoms. The molecule has 1 heterocycles. The zero-order valence-electron chi connectivity index (χ0n) is 14.7. The summed E-state index contributed by atoms with van der Waals surface area (Å²) in [6, 6.07) is 15.5. The van der Waals surface area contributed by atoms with E-state index in [0.29, 0.717) is 5.95 Å². The second kappa shape index (κ2) is 7.17. The highest BCUT2D eigenvalue weighted by Gasteiger charge is 2.21. The molecule has 1 amide bonds. The van der Waals surface area contributed by atoms with Crippen LogP contribution in [0.15, 0.2) is 48.5 Å². The van der Waals surface area contributed by atoms with Crippen molar-refractivity contribution >= 4 is 22.9 Å². The minimum absolute atomic E-state index is 0.0999. The van der Waals surface area contributed by atoms with Gasteiger partial charge in [-0.1, -0.05) is 24.3 Å². The molecule has 6 nitrogen and oxygen atoms in total. The van der Waals surface area contributed by atoms with Gasteiger partial charge in [-0.25, -0.2) is 4.98 Å². The van der Waals surface area contributed by atoms with Crippen molar-refractivity contribution in [1.29, 1.82) is 0 Å². The molecular formula is C20H22N4O2. The molecule has 0 aliphatic heterocycles. The number of imidazole rings is 1. The van der Waals surface area contributed by atoms with Crippen LogP contribution in [0.3, 0.4) is 0 Å². The van der Waals surface area contributed by atoms with E-state index in [9.17, 15) is 4.79 Å². The van der Waals surface area contributed by atoms with Crippen molar-refractivity contribution in [2.24, 2.45) is 5.92 Å². The molecule has 3 aromatic rings. The van der Waals surface area contributed by atoms with Gasteiger partial charge in [-0.05, 0) is 49.6 Å². The van der Waals surface area contributed by atoms with Gasteiger partial charge in [0, 0.05) is 0 Å². The van der Waals surface area contributed by atoms with E-state index in [2.05, 4.69) is 15.6 Å². The molecule has 0 unspecified atom stereocenters. The first kappa shape index (κ1) is 16.6. The summed E-state index contributed by atoms with van der Waals surface area (Å²) >= 11 is 0. The van der Waals surface area contributed by atoms with Crippen LogP contribution in [-0.4, -0.2) is 35.7 Å². The molecule has 0 radical (unpaired) electrons. The number of ether oxygens (including phenoxy) is 1. The average molecular weight is 350 g/mol. The summed E-state index contributed by atoms with van der Waals surface area (Å²) in [5, 5.41) is 6.15. The number of para-hydroxylation sites is 4. The Morgan fingerprint density at radius 3 is 2.77 bits per heavy atom. The summed E-state index contributed by atoms with van der Waals surface area (Å²) in [5.41, 5.74) is 2.57. The van der Waals surface area contributed by atoms with Crippen LogP contribution in [0.25, 0.3) is 16.7 Å². The third-order valence-electron chi connectivity index (χ3n) is 4.55. The van der Waals surface area contributed by atoms with Crippen LogP contribution in [0.5, 0.6) is 5.75 Å². The van der Waals surface area contributed by atoms with Crippen LogP contribution in [0.2, 0.25) is 0 Å². The summed E-state index contributed by atoms with van der Waals surface area (Å²) in [6.07, 6.45) is 2.52. The fourth-order valence-corrected chi connectivity index (χ4v) is 3.05. The molecule has 4 rings (SSSR count). The molecule has 1 aliphatic rings. The number of nitrogens with zero attached hydrogens (tertiary/aromatic N) is 2. The average Bonchev–Trinajstić information content (AvgIpc) is 3.41. The summed E-state index contributed by atoms with van der Waals surface area (Å²) in [5.74, 6) is 1.85. The Hall–Kier alpha value is -2.86. The maximum atomic E-state index is 12.4. The highest BCUT2D eigenvalue weighted by Crippen LogP contribution is 2.30. The number of hydrogen-bond donors (Lipinski definition) is 2. The van der Waals surface area contributed by atoms with Crippen molar-refractivity contribution < 1.29 is 9.53 Å². The van der Waals surface area contributed by atoms with Crippen molar-refractivity contribution in [3.05, 3.63) is 48.5 Å². The first-order chi connectivity index (χ1) is 12.8. The van der Waals surface area contributed by atoms with Crippen molar-refractivity contribution in [2.45, 2.75) is 12.8 Å². The summed E-state index contributed by atoms with van der Waals surface area (Å²) < 4.78 is 7.43. The first-order valence-corrected chi connectivity index (χ1v) is 8.87. The van der Waals surface area contributed by atoms with E-state index in [0.717, 1.165) is 34.9 Å². The Morgan fingerprint density at radius 1 is 1.19 bits per heavy atom. The lowest BCUT2D eigenvalue weighted by molar-refractivity contribution is -0.115. The predicted octanol–water partition coefficient (Wildman–Crippen LogP) is 2.97. The molecule has 1 aliphatic carbocycles. The molecule has 0 atom stereocenters. The monoisotopic (exact) mass is 350 g/mol. The van der Waals surface area contributed by atoms with Gasteiger partial charge in [0.25, 0.3) is 0 Å². The third kappa shape index (κ3) is 3.41. The van der Waals surface area contributed by atoms with Crippen LogP contribution in [0.1, 0.15) is 12.8 Å². The topological polar surface area (TPSA) is 68.2 Å². The standard InChI is InChI=1S/C20H22N4O2/c1-26-18-9-5-4-8-17(18)24-16-7-3-2-6-15(16)22-20(24)23-19(25)13-21-12-14-10-11-14/h2-9,14,21H,10-13H2,1H3,(H,22,23,25). The van der Waals surface area contributed by atoms with Gasteiger partial charge in [-0.3, -0.25) is 14.7 Å². The largest absolute Gasteiger partial charge is 0.495 e. The van der Waals surface area contributed by atoms with E-state index in [-0.39, 0.29) is 12.5 Å². The van der Waals surface area contributed by atoms with E-state index in [1.165, 1.54) is 12.8 Å². The number of amides is 1. The quantitative estimate of drug-likeness (QED) is 0.687. The molecule has 0 bridgehead atoms. The normalized spacial score (nSPS) is 13.7. The van der Waals surface area contributed by atoms with E-state index in [1.807, 2.05) is 53.1 Å². The minimum Gasteiger partial charge on any atom is -0.495 e. The SMILES string of the molecule is COc1ccccc1-n1c(NC(=O)CNCC2CC2)nc2ccccc21. The van der Waals surface area contributed by atoms with Crippen molar-refractivity contribution in [3.8, 4) is 11.4 Å². The summed E-state index contributed by atoms with van der Waals surface area (Å²) in [6.45, 7) is 1.18. The van der Waals surface area contributed by atoms with Crippen molar-refractivity contribution in [1.82, 2.24) is 14.9 Å². The number of methoxy groups -OCH3 is 1. The van der Waals surface area contributed by atoms with Crippen LogP contribution < -0.4 is 15.4 Å². The molecule has 2 N–H and O–H groups in total. The lowest BCUT2D eigenvalue weighted by Crippen LogP contribution is -2.30. The minimum atomic E-state index is -0.0999. The van der Waals surface area contributed by atoms with Crippen molar-refractivity contribution in [3.63, 3.8) is 0 Å². The number of rotatable bonds is 7. The Bertz CT molecular complexity index is 930. The van der Waals surface area contributed by atoms with Gasteiger partial charge < -0.3 is 10.1 Å². The Labute approximate surface area is 152 Å². The maximum Gasteiger partial charge on any atom is 0.240 e. The smallest absolute Gasteiger partial charge is 0.240 e. The van der Waals surface area contributed by atoms with E-state index >= 15 is 0 Å². The summed E-state index contributed by atoms with van der Waals surface area (Å²) in [4.78, 5) is 17.0. The third-order valence-corrected chi connectivity index (χ3v) is 4.55. The zero-order valence-corrected chi connectivity index (χ0v) is 14.7. The molecule has 0 saturated heterocycles. The zero-order chi connectivity index (χ0) is 17.9. The molecule has 2 aromatic carbocycles. The number of aromatic nitrogens is 2. The van der Waals surface area contributed by atoms with Crippen LogP contribution in [-0.2, 0) is 4.79 Å². The Morgan fingerprint density at radius 2 is 1.96 bits per heavy atom. The lowest BCUT2D eigenvalue weighted by Gasteiger charge is -2.13. The fourth-order valence-electron chi connectivity index (χ4n) is 3.05. The van der Waals surface area contributed by atoms with Gasteiger partial charge in [0.2, 0.25) is 11.9 Å². The van der Waals surface area contributed by atoms with Gasteiger partial charge in [-0.15, -0.1) is 0 Å². The lowest BCUT2D eigenvalue weighted by atomic mass is 10.2. The summed E-state index contributed by atoms with van der Waals surface area (Å²) in [7, 11) is 1.64. The first-order valence-electron chi connectivity index (χ1n) is 8.87.